The van der Waals surface area contributed by atoms with Crippen molar-refractivity contribution in [1.82, 2.24) is 9.97 Å². The summed E-state index contributed by atoms with van der Waals surface area (Å²) in [5.74, 6) is 1.94. The Balaban J connectivity index is 1.27. The van der Waals surface area contributed by atoms with E-state index in [-0.39, 0.29) is 5.43 Å². The molecule has 0 bridgehead atoms. The van der Waals surface area contributed by atoms with Crippen LogP contribution in [0.5, 0.6) is 0 Å². The van der Waals surface area contributed by atoms with Crippen LogP contribution in [0, 0.1) is 0 Å². The molecule has 3 aromatic heterocycles. The Kier molecular flexibility index (Phi) is 5.17. The van der Waals surface area contributed by atoms with Gasteiger partial charge >= 0.3 is 0 Å². The highest BCUT2D eigenvalue weighted by molar-refractivity contribution is 7.17. The molecule has 0 unspecified atom stereocenters. The van der Waals surface area contributed by atoms with Gasteiger partial charge in [0.2, 0.25) is 11.4 Å². The van der Waals surface area contributed by atoms with Crippen molar-refractivity contribution in [2.24, 2.45) is 0 Å². The average molecular weight is 464 g/mol. The van der Waals surface area contributed by atoms with Crippen LogP contribution >= 0.6 is 11.3 Å². The molecule has 1 N–H and O–H groups in total. The third-order valence-electron chi connectivity index (χ3n) is 5.66. The van der Waals surface area contributed by atoms with Crippen LogP contribution < -0.4 is 20.5 Å². The van der Waals surface area contributed by atoms with Gasteiger partial charge in [0.1, 0.15) is 24.0 Å². The summed E-state index contributed by atoms with van der Waals surface area (Å²) in [6, 6.07) is 11.4. The van der Waals surface area contributed by atoms with E-state index in [1.54, 1.807) is 12.3 Å². The predicted molar refractivity (Wildman–Crippen MR) is 127 cm³/mol. The fraction of sp³-hybridized carbons (Fsp3) is 0.261. The summed E-state index contributed by atoms with van der Waals surface area (Å²) in [6.07, 6.45) is 1.73. The van der Waals surface area contributed by atoms with Crippen molar-refractivity contribution in [3.63, 3.8) is 0 Å². The smallest absolute Gasteiger partial charge is 0.229 e. The number of nitrogens with zero attached hydrogens (tertiary/aromatic N) is 4. The molecule has 10 heteroatoms. The van der Waals surface area contributed by atoms with Crippen molar-refractivity contribution >= 4 is 45.0 Å². The molecule has 2 fully saturated rings. The van der Waals surface area contributed by atoms with E-state index in [0.717, 1.165) is 22.6 Å². The van der Waals surface area contributed by atoms with Gasteiger partial charge in [-0.2, -0.15) is 4.98 Å². The first-order valence-corrected chi connectivity index (χ1v) is 11.5. The second-order valence-electron chi connectivity index (χ2n) is 7.80. The number of fused-ring (bicyclic) bond motifs is 1. The molecule has 0 spiro atoms. The van der Waals surface area contributed by atoms with Crippen LogP contribution in [0.15, 0.2) is 57.2 Å². The molecule has 6 rings (SSSR count). The third kappa shape index (κ3) is 3.92. The number of benzene rings is 1. The fourth-order valence-corrected chi connectivity index (χ4v) is 4.74. The van der Waals surface area contributed by atoms with Crippen LogP contribution in [0.4, 0.5) is 23.3 Å². The Morgan fingerprint density at radius 2 is 1.82 bits per heavy atom. The SMILES string of the molecule is O=c1cc(N2CCOCC2)oc2c(-c3ccc(Nc4nccc(N5COC5)n4)cc3)csc12. The van der Waals surface area contributed by atoms with E-state index in [4.69, 9.17) is 13.9 Å². The molecule has 0 aliphatic carbocycles. The van der Waals surface area contributed by atoms with Gasteiger partial charge in [-0.1, -0.05) is 12.1 Å². The van der Waals surface area contributed by atoms with E-state index >= 15 is 0 Å². The highest BCUT2D eigenvalue weighted by Gasteiger charge is 2.19. The molecular formula is C23H21N5O4S. The number of aromatic nitrogens is 2. The van der Waals surface area contributed by atoms with Crippen LogP contribution in [0.2, 0.25) is 0 Å². The summed E-state index contributed by atoms with van der Waals surface area (Å²) in [7, 11) is 0. The summed E-state index contributed by atoms with van der Waals surface area (Å²) in [5, 5.41) is 5.21. The van der Waals surface area contributed by atoms with Gasteiger partial charge in [-0.05, 0) is 23.8 Å². The second kappa shape index (κ2) is 8.47. The highest BCUT2D eigenvalue weighted by atomic mass is 32.1. The maximum absolute atomic E-state index is 12.7. The molecule has 2 aliphatic rings. The summed E-state index contributed by atoms with van der Waals surface area (Å²) >= 11 is 1.41. The standard InChI is InChI=1S/C23H21N5O4S/c29-18-11-20(27-7-9-30-10-8-27)32-21-17(12-33-22(18)21)15-1-3-16(4-2-15)25-23-24-6-5-19(26-23)28-13-31-14-28/h1-6,11-12H,7-10,13-14H2,(H,24,25,26). The van der Waals surface area contributed by atoms with Gasteiger partial charge in [0.15, 0.2) is 11.5 Å². The molecule has 0 radical (unpaired) electrons. The zero-order valence-corrected chi connectivity index (χ0v) is 18.5. The van der Waals surface area contributed by atoms with Crippen molar-refractivity contribution in [3.8, 4) is 11.1 Å². The highest BCUT2D eigenvalue weighted by Crippen LogP contribution is 2.35. The zero-order valence-electron chi connectivity index (χ0n) is 17.7. The molecular weight excluding hydrogens is 442 g/mol. The Morgan fingerprint density at radius 1 is 1.00 bits per heavy atom. The first-order valence-electron chi connectivity index (χ1n) is 10.7. The molecule has 2 aliphatic heterocycles. The first-order chi connectivity index (χ1) is 16.2. The number of rotatable bonds is 5. The summed E-state index contributed by atoms with van der Waals surface area (Å²) in [6.45, 7) is 3.77. The summed E-state index contributed by atoms with van der Waals surface area (Å²) in [5.41, 5.74) is 3.36. The molecule has 9 nitrogen and oxygen atoms in total. The number of thiophene rings is 1. The number of nitrogens with one attached hydrogen (secondary N) is 1. The molecule has 1 aromatic carbocycles. The second-order valence-corrected chi connectivity index (χ2v) is 8.68. The summed E-state index contributed by atoms with van der Waals surface area (Å²) in [4.78, 5) is 25.6. The van der Waals surface area contributed by atoms with Gasteiger partial charge in [0, 0.05) is 42.0 Å². The maximum atomic E-state index is 12.7. The molecule has 0 saturated carbocycles. The fourth-order valence-electron chi connectivity index (χ4n) is 3.83. The van der Waals surface area contributed by atoms with Crippen molar-refractivity contribution in [1.29, 1.82) is 0 Å². The van der Waals surface area contributed by atoms with Crippen molar-refractivity contribution in [3.05, 3.63) is 58.2 Å². The number of ether oxygens (including phenoxy) is 2. The van der Waals surface area contributed by atoms with E-state index in [2.05, 4.69) is 20.2 Å². The Morgan fingerprint density at radius 3 is 2.58 bits per heavy atom. The topological polar surface area (TPSA) is 93.0 Å². The Labute approximate surface area is 193 Å². The number of hydrogen-bond acceptors (Lipinski definition) is 10. The maximum Gasteiger partial charge on any atom is 0.229 e. The first kappa shape index (κ1) is 20.2. The quantitative estimate of drug-likeness (QED) is 0.476. The van der Waals surface area contributed by atoms with Crippen LogP contribution in [0.3, 0.4) is 0 Å². The van der Waals surface area contributed by atoms with Crippen molar-refractivity contribution in [2.45, 2.75) is 0 Å². The molecule has 33 heavy (non-hydrogen) atoms. The number of morpholine rings is 1. The molecule has 0 atom stereocenters. The van der Waals surface area contributed by atoms with Gasteiger partial charge in [-0.3, -0.25) is 4.79 Å². The van der Waals surface area contributed by atoms with Gasteiger partial charge in [-0.25, -0.2) is 4.98 Å². The lowest BCUT2D eigenvalue weighted by atomic mass is 10.1. The normalized spacial score (nSPS) is 16.1. The van der Waals surface area contributed by atoms with Gasteiger partial charge in [-0.15, -0.1) is 11.3 Å². The van der Waals surface area contributed by atoms with Crippen LogP contribution in [-0.4, -0.2) is 49.7 Å². The van der Waals surface area contributed by atoms with E-state index in [9.17, 15) is 4.79 Å². The van der Waals surface area contributed by atoms with Gasteiger partial charge in [0.25, 0.3) is 0 Å². The van der Waals surface area contributed by atoms with Crippen LogP contribution in [0.1, 0.15) is 0 Å². The summed E-state index contributed by atoms with van der Waals surface area (Å²) < 4.78 is 17.4. The predicted octanol–water partition coefficient (Wildman–Crippen LogP) is 3.64. The van der Waals surface area contributed by atoms with Crippen molar-refractivity contribution < 1.29 is 13.9 Å². The van der Waals surface area contributed by atoms with E-state index in [1.807, 2.05) is 40.6 Å². The Bertz CT molecular complexity index is 1340. The third-order valence-corrected chi connectivity index (χ3v) is 6.64. The lowest BCUT2D eigenvalue weighted by Crippen LogP contribution is -2.40. The number of hydrogen-bond donors (Lipinski definition) is 1. The van der Waals surface area contributed by atoms with Gasteiger partial charge in [0.05, 0.1) is 13.2 Å². The monoisotopic (exact) mass is 463 g/mol. The minimum atomic E-state index is -0.0167. The number of anilines is 4. The van der Waals surface area contributed by atoms with E-state index in [0.29, 0.717) is 61.9 Å². The average Bonchev–Trinajstić information content (AvgIpc) is 3.24. The van der Waals surface area contributed by atoms with Crippen LogP contribution in [0.25, 0.3) is 21.4 Å². The van der Waals surface area contributed by atoms with Crippen LogP contribution in [-0.2, 0) is 9.47 Å². The van der Waals surface area contributed by atoms with E-state index in [1.165, 1.54) is 11.3 Å². The van der Waals surface area contributed by atoms with Crippen molar-refractivity contribution in [2.75, 3.05) is 54.9 Å². The molecule has 0 amide bonds. The molecule has 5 heterocycles. The van der Waals surface area contributed by atoms with E-state index < -0.39 is 0 Å². The Hall–Kier alpha value is -3.47. The lowest BCUT2D eigenvalue weighted by Gasteiger charge is -2.31. The lowest BCUT2D eigenvalue weighted by molar-refractivity contribution is 0.0396. The minimum Gasteiger partial charge on any atom is -0.439 e. The molecule has 168 valence electrons. The minimum absolute atomic E-state index is 0.0167. The van der Waals surface area contributed by atoms with Gasteiger partial charge < -0.3 is 29.0 Å². The zero-order chi connectivity index (χ0) is 22.2. The molecule has 4 aromatic rings. The molecule has 2 saturated heterocycles. The largest absolute Gasteiger partial charge is 0.439 e.